The van der Waals surface area contributed by atoms with Crippen molar-refractivity contribution in [2.45, 2.75) is 71.3 Å². The highest BCUT2D eigenvalue weighted by atomic mass is 19.2. The minimum absolute atomic E-state index is 0.0771. The first kappa shape index (κ1) is 27.2. The molecule has 0 N–H and O–H groups in total. The van der Waals surface area contributed by atoms with Gasteiger partial charge in [0.2, 0.25) is 0 Å². The van der Waals surface area contributed by atoms with Crippen LogP contribution in [0.2, 0.25) is 0 Å². The molecule has 37 heavy (non-hydrogen) atoms. The fourth-order valence-electron chi connectivity index (χ4n) is 5.16. The van der Waals surface area contributed by atoms with Crippen LogP contribution in [-0.2, 0) is 11.2 Å². The second-order valence-corrected chi connectivity index (χ2v) is 10.1. The highest BCUT2D eigenvalue weighted by Crippen LogP contribution is 2.35. The summed E-state index contributed by atoms with van der Waals surface area (Å²) in [6.45, 7) is 4.83. The van der Waals surface area contributed by atoms with Crippen LogP contribution in [0.3, 0.4) is 0 Å². The molecule has 0 saturated carbocycles. The van der Waals surface area contributed by atoms with E-state index in [1.165, 1.54) is 0 Å². The molecule has 1 nitrogen and oxygen atoms in total. The minimum atomic E-state index is -0.825. The molecular weight excluding hydrogens is 469 g/mol. The predicted molar refractivity (Wildman–Crippen MR) is 146 cm³/mol. The third kappa shape index (κ3) is 6.73. The van der Waals surface area contributed by atoms with E-state index < -0.39 is 11.6 Å². The second-order valence-electron chi connectivity index (χ2n) is 10.1. The number of aryl methyl sites for hydroxylation is 1. The van der Waals surface area contributed by atoms with Crippen LogP contribution in [0.5, 0.6) is 0 Å². The third-order valence-corrected chi connectivity index (χ3v) is 7.43. The summed E-state index contributed by atoms with van der Waals surface area (Å²) in [5.74, 6) is -1.34. The molecule has 1 aliphatic heterocycles. The quantitative estimate of drug-likeness (QED) is 0.196. The molecule has 1 saturated heterocycles. The first-order chi connectivity index (χ1) is 18.0. The Kier molecular flexibility index (Phi) is 9.62. The predicted octanol–water partition coefficient (Wildman–Crippen LogP) is 9.99. The summed E-state index contributed by atoms with van der Waals surface area (Å²) in [4.78, 5) is 0. The van der Waals surface area contributed by atoms with Crippen LogP contribution in [0.15, 0.2) is 66.7 Å². The normalized spacial score (nSPS) is 18.0. The van der Waals surface area contributed by atoms with Gasteiger partial charge in [-0.15, -0.1) is 0 Å². The van der Waals surface area contributed by atoms with Crippen LogP contribution < -0.4 is 0 Å². The Balaban J connectivity index is 1.43. The first-order valence-electron chi connectivity index (χ1n) is 13.6. The van der Waals surface area contributed by atoms with E-state index >= 15 is 4.39 Å². The zero-order valence-corrected chi connectivity index (χ0v) is 21.9. The summed E-state index contributed by atoms with van der Waals surface area (Å²) >= 11 is 0. The zero-order chi connectivity index (χ0) is 26.2. The lowest BCUT2D eigenvalue weighted by atomic mass is 9.90. The van der Waals surface area contributed by atoms with Crippen molar-refractivity contribution in [3.63, 3.8) is 0 Å². The van der Waals surface area contributed by atoms with Crippen LogP contribution in [0.1, 0.15) is 76.0 Å². The van der Waals surface area contributed by atoms with Gasteiger partial charge in [-0.3, -0.25) is 0 Å². The smallest absolute Gasteiger partial charge is 0.166 e. The van der Waals surface area contributed by atoms with E-state index in [0.717, 1.165) is 50.5 Å². The van der Waals surface area contributed by atoms with Gasteiger partial charge in [-0.1, -0.05) is 80.4 Å². The van der Waals surface area contributed by atoms with Gasteiger partial charge >= 0.3 is 0 Å². The van der Waals surface area contributed by atoms with Crippen LogP contribution in [-0.4, -0.2) is 6.61 Å². The van der Waals surface area contributed by atoms with Crippen molar-refractivity contribution in [1.82, 2.24) is 0 Å². The highest BCUT2D eigenvalue weighted by Gasteiger charge is 2.23. The van der Waals surface area contributed by atoms with Crippen molar-refractivity contribution in [2.75, 3.05) is 6.61 Å². The number of hydrogen-bond donors (Lipinski definition) is 0. The fraction of sp³-hybridized carbons (Fsp3) is 0.394. The van der Waals surface area contributed by atoms with Crippen molar-refractivity contribution in [3.05, 3.63) is 95.3 Å². The SMILES string of the molecule is CC=CCCC1CCC(c2ccc(-c3ccc(-c4ccc(CCCCC)c(F)c4F)cc3)c(F)c2)OC1. The third-order valence-electron chi connectivity index (χ3n) is 7.43. The Bertz CT molecular complexity index is 1190. The van der Waals surface area contributed by atoms with Gasteiger partial charge in [0.05, 0.1) is 12.7 Å². The van der Waals surface area contributed by atoms with Crippen molar-refractivity contribution < 1.29 is 17.9 Å². The number of halogens is 3. The van der Waals surface area contributed by atoms with E-state index in [4.69, 9.17) is 4.74 Å². The van der Waals surface area contributed by atoms with Crippen LogP contribution in [0.25, 0.3) is 22.3 Å². The minimum Gasteiger partial charge on any atom is -0.373 e. The molecule has 1 heterocycles. The maximum absolute atomic E-state index is 15.1. The lowest BCUT2D eigenvalue weighted by Gasteiger charge is -2.29. The summed E-state index contributed by atoms with van der Waals surface area (Å²) < 4.78 is 50.6. The topological polar surface area (TPSA) is 9.23 Å². The molecule has 196 valence electrons. The summed E-state index contributed by atoms with van der Waals surface area (Å²) in [5.41, 5.74) is 3.24. The maximum Gasteiger partial charge on any atom is 0.166 e. The Morgan fingerprint density at radius 1 is 0.865 bits per heavy atom. The van der Waals surface area contributed by atoms with E-state index in [9.17, 15) is 8.78 Å². The molecule has 4 heteroatoms. The molecule has 3 aromatic rings. The second kappa shape index (κ2) is 13.1. The Hall–Kier alpha value is -2.85. The molecule has 2 atom stereocenters. The average molecular weight is 507 g/mol. The van der Waals surface area contributed by atoms with E-state index in [2.05, 4.69) is 19.1 Å². The summed E-state index contributed by atoms with van der Waals surface area (Å²) in [6, 6.07) is 15.5. The zero-order valence-electron chi connectivity index (χ0n) is 21.9. The molecule has 0 aliphatic carbocycles. The number of benzene rings is 3. The van der Waals surface area contributed by atoms with Gasteiger partial charge in [0.1, 0.15) is 5.82 Å². The monoisotopic (exact) mass is 506 g/mol. The van der Waals surface area contributed by atoms with Crippen LogP contribution in [0.4, 0.5) is 13.2 Å². The Labute approximate surface area is 219 Å². The fourth-order valence-corrected chi connectivity index (χ4v) is 5.16. The summed E-state index contributed by atoms with van der Waals surface area (Å²) in [5, 5.41) is 0. The molecule has 3 aromatic carbocycles. The van der Waals surface area contributed by atoms with Gasteiger partial charge < -0.3 is 4.74 Å². The van der Waals surface area contributed by atoms with Gasteiger partial charge in [0.15, 0.2) is 11.6 Å². The lowest BCUT2D eigenvalue weighted by molar-refractivity contribution is -0.0191. The van der Waals surface area contributed by atoms with Gasteiger partial charge in [-0.25, -0.2) is 13.2 Å². The van der Waals surface area contributed by atoms with Crippen molar-refractivity contribution in [1.29, 1.82) is 0 Å². The lowest BCUT2D eigenvalue weighted by Crippen LogP contribution is -2.20. The molecule has 2 unspecified atom stereocenters. The summed E-state index contributed by atoms with van der Waals surface area (Å²) in [7, 11) is 0. The van der Waals surface area contributed by atoms with Crippen molar-refractivity contribution in [3.8, 4) is 22.3 Å². The van der Waals surface area contributed by atoms with Gasteiger partial charge in [0, 0.05) is 11.1 Å². The largest absolute Gasteiger partial charge is 0.373 e. The molecule has 1 fully saturated rings. The Morgan fingerprint density at radius 3 is 2.24 bits per heavy atom. The molecule has 0 spiro atoms. The van der Waals surface area contributed by atoms with Crippen molar-refractivity contribution in [2.24, 2.45) is 5.92 Å². The van der Waals surface area contributed by atoms with E-state index in [-0.39, 0.29) is 17.5 Å². The van der Waals surface area contributed by atoms with Gasteiger partial charge in [-0.05, 0) is 79.7 Å². The highest BCUT2D eigenvalue weighted by molar-refractivity contribution is 5.71. The van der Waals surface area contributed by atoms with Crippen molar-refractivity contribution >= 4 is 0 Å². The molecule has 0 radical (unpaired) electrons. The number of hydrogen-bond acceptors (Lipinski definition) is 1. The summed E-state index contributed by atoms with van der Waals surface area (Å²) in [6.07, 6.45) is 11.8. The van der Waals surface area contributed by atoms with Crippen LogP contribution in [0, 0.1) is 23.4 Å². The standard InChI is InChI=1S/C33H37F3O/c1-3-5-7-9-23-11-20-31(37-22-23)27-17-18-28(30(34)21-27)24-12-14-25(15-13-24)29-19-16-26(10-8-6-4-2)32(35)33(29)36/h3,5,12-19,21,23,31H,4,6-11,20,22H2,1-2H3. The number of rotatable bonds is 10. The molecule has 0 amide bonds. The number of unbranched alkanes of at least 4 members (excludes halogenated alkanes) is 2. The number of ether oxygens (including phenoxy) is 1. The number of allylic oxidation sites excluding steroid dienone is 2. The first-order valence-corrected chi connectivity index (χ1v) is 13.6. The van der Waals surface area contributed by atoms with Gasteiger partial charge in [-0.2, -0.15) is 0 Å². The average Bonchev–Trinajstić information content (AvgIpc) is 2.92. The van der Waals surface area contributed by atoms with E-state index in [1.54, 1.807) is 48.5 Å². The van der Waals surface area contributed by atoms with Crippen LogP contribution >= 0.6 is 0 Å². The molecule has 1 aliphatic rings. The molecule has 0 bridgehead atoms. The van der Waals surface area contributed by atoms with E-state index in [0.29, 0.717) is 41.2 Å². The molecule has 4 rings (SSSR count). The molecule has 0 aromatic heterocycles. The van der Waals surface area contributed by atoms with E-state index in [1.807, 2.05) is 13.0 Å². The Morgan fingerprint density at radius 2 is 1.59 bits per heavy atom. The maximum atomic E-state index is 15.1. The van der Waals surface area contributed by atoms with Gasteiger partial charge in [0.25, 0.3) is 0 Å². The molecular formula is C33H37F3O.